The molecule has 1 aromatic rings. The van der Waals surface area contributed by atoms with Crippen molar-refractivity contribution in [2.24, 2.45) is 11.1 Å². The lowest BCUT2D eigenvalue weighted by molar-refractivity contribution is 0.394. The van der Waals surface area contributed by atoms with Gasteiger partial charge in [0.05, 0.1) is 6.04 Å². The Bertz CT molecular complexity index is 518. The lowest BCUT2D eigenvalue weighted by Gasteiger charge is -2.21. The Morgan fingerprint density at radius 3 is 2.76 bits per heavy atom. The average molecular weight is 258 g/mol. The summed E-state index contributed by atoms with van der Waals surface area (Å²) in [5.74, 6) is -0.141. The zero-order valence-electron chi connectivity index (χ0n) is 9.51. The van der Waals surface area contributed by atoms with Crippen molar-refractivity contribution in [1.29, 1.82) is 0 Å². The molecule has 0 saturated carbocycles. The molecule has 1 aromatic carbocycles. The molecule has 1 saturated heterocycles. The monoisotopic (exact) mass is 258 g/mol. The van der Waals surface area contributed by atoms with Gasteiger partial charge in [-0.15, -0.1) is 0 Å². The lowest BCUT2D eigenvalue weighted by atomic mass is 10.0. The van der Waals surface area contributed by atoms with Gasteiger partial charge in [0.25, 0.3) is 10.2 Å². The second-order valence-corrected chi connectivity index (χ2v) is 6.03. The molecule has 0 radical (unpaired) electrons. The van der Waals surface area contributed by atoms with Crippen LogP contribution in [0.2, 0.25) is 0 Å². The average Bonchev–Trinajstić information content (AvgIpc) is 2.60. The van der Waals surface area contributed by atoms with Gasteiger partial charge in [-0.05, 0) is 30.0 Å². The van der Waals surface area contributed by atoms with E-state index in [-0.39, 0.29) is 17.8 Å². The maximum atomic E-state index is 13.1. The van der Waals surface area contributed by atoms with Crippen LogP contribution in [0.1, 0.15) is 24.9 Å². The zero-order chi connectivity index (χ0) is 12.6. The van der Waals surface area contributed by atoms with E-state index in [0.29, 0.717) is 18.5 Å². The van der Waals surface area contributed by atoms with Crippen LogP contribution in [-0.4, -0.2) is 19.3 Å². The van der Waals surface area contributed by atoms with Gasteiger partial charge in [-0.3, -0.25) is 0 Å². The molecule has 0 bridgehead atoms. The van der Waals surface area contributed by atoms with Gasteiger partial charge in [-0.2, -0.15) is 12.7 Å². The highest BCUT2D eigenvalue weighted by Gasteiger charge is 2.36. The van der Waals surface area contributed by atoms with E-state index in [4.69, 9.17) is 5.14 Å². The largest absolute Gasteiger partial charge is 0.277 e. The van der Waals surface area contributed by atoms with Gasteiger partial charge in [0.15, 0.2) is 0 Å². The van der Waals surface area contributed by atoms with E-state index < -0.39 is 10.2 Å². The van der Waals surface area contributed by atoms with Gasteiger partial charge < -0.3 is 0 Å². The third-order valence-electron chi connectivity index (χ3n) is 3.03. The first-order valence-electron chi connectivity index (χ1n) is 5.43. The summed E-state index contributed by atoms with van der Waals surface area (Å²) in [7, 11) is -3.73. The fraction of sp³-hybridized carbons (Fsp3) is 0.455. The fourth-order valence-electron chi connectivity index (χ4n) is 2.31. The van der Waals surface area contributed by atoms with Crippen LogP contribution in [0.4, 0.5) is 4.39 Å². The summed E-state index contributed by atoms with van der Waals surface area (Å²) >= 11 is 0. The normalized spacial score (nSPS) is 26.3. The molecule has 1 aliphatic rings. The Morgan fingerprint density at radius 1 is 1.47 bits per heavy atom. The second kappa shape index (κ2) is 4.36. The minimum atomic E-state index is -3.73. The van der Waals surface area contributed by atoms with Gasteiger partial charge in [0, 0.05) is 6.54 Å². The maximum Gasteiger partial charge on any atom is 0.277 e. The van der Waals surface area contributed by atoms with E-state index in [1.165, 1.54) is 16.4 Å². The fourth-order valence-corrected chi connectivity index (χ4v) is 3.33. The number of rotatable bonds is 2. The summed E-state index contributed by atoms with van der Waals surface area (Å²) in [4.78, 5) is 0. The highest BCUT2D eigenvalue weighted by Crippen LogP contribution is 2.36. The van der Waals surface area contributed by atoms with E-state index in [0.717, 1.165) is 0 Å². The summed E-state index contributed by atoms with van der Waals surface area (Å²) < 4.78 is 37.3. The molecule has 1 fully saturated rings. The standard InChI is InChI=1S/C11H15FN2O2S/c1-8-5-11(14(7-8)17(13,15)16)9-3-2-4-10(12)6-9/h2-4,6,8,11H,5,7H2,1H3,(H2,13,15,16)/t8-,11+/m0/s1. The van der Waals surface area contributed by atoms with E-state index in [1.54, 1.807) is 12.1 Å². The molecule has 6 heteroatoms. The lowest BCUT2D eigenvalue weighted by Crippen LogP contribution is -2.36. The molecular weight excluding hydrogens is 243 g/mol. The maximum absolute atomic E-state index is 13.1. The Morgan fingerprint density at radius 2 is 2.18 bits per heavy atom. The molecule has 4 nitrogen and oxygen atoms in total. The van der Waals surface area contributed by atoms with Crippen LogP contribution >= 0.6 is 0 Å². The van der Waals surface area contributed by atoms with Crippen LogP contribution in [0.5, 0.6) is 0 Å². The Labute approximate surface area is 100 Å². The Balaban J connectivity index is 2.37. The highest BCUT2D eigenvalue weighted by molar-refractivity contribution is 7.86. The first-order valence-corrected chi connectivity index (χ1v) is 6.93. The van der Waals surface area contributed by atoms with Crippen molar-refractivity contribution in [3.8, 4) is 0 Å². The van der Waals surface area contributed by atoms with Crippen LogP contribution in [-0.2, 0) is 10.2 Å². The number of benzene rings is 1. The summed E-state index contributed by atoms with van der Waals surface area (Å²) in [6.07, 6.45) is 0.667. The number of nitrogens with zero attached hydrogens (tertiary/aromatic N) is 1. The van der Waals surface area contributed by atoms with Crippen molar-refractivity contribution in [3.63, 3.8) is 0 Å². The van der Waals surface area contributed by atoms with Crippen molar-refractivity contribution in [1.82, 2.24) is 4.31 Å². The van der Waals surface area contributed by atoms with Crippen LogP contribution < -0.4 is 5.14 Å². The van der Waals surface area contributed by atoms with Crippen molar-refractivity contribution >= 4 is 10.2 Å². The van der Waals surface area contributed by atoms with Gasteiger partial charge in [0.1, 0.15) is 5.82 Å². The van der Waals surface area contributed by atoms with Crippen LogP contribution in [0.3, 0.4) is 0 Å². The molecule has 1 aliphatic heterocycles. The van der Waals surface area contributed by atoms with E-state index >= 15 is 0 Å². The van der Waals surface area contributed by atoms with Gasteiger partial charge in [0.2, 0.25) is 0 Å². The molecule has 17 heavy (non-hydrogen) atoms. The molecule has 0 amide bonds. The molecule has 2 rings (SSSR count). The van der Waals surface area contributed by atoms with Gasteiger partial charge in [-0.1, -0.05) is 19.1 Å². The predicted octanol–water partition coefficient (Wildman–Crippen LogP) is 1.41. The minimum Gasteiger partial charge on any atom is -0.216 e. The van der Waals surface area contributed by atoms with Crippen molar-refractivity contribution in [2.75, 3.05) is 6.54 Å². The van der Waals surface area contributed by atoms with E-state index in [1.807, 2.05) is 6.92 Å². The SMILES string of the molecule is C[C@H]1C[C@H](c2cccc(F)c2)N(S(N)(=O)=O)C1. The molecular formula is C11H15FN2O2S. The van der Waals surface area contributed by atoms with Gasteiger partial charge in [-0.25, -0.2) is 9.53 Å². The number of hydrogen-bond acceptors (Lipinski definition) is 2. The van der Waals surface area contributed by atoms with Crippen molar-refractivity contribution < 1.29 is 12.8 Å². The molecule has 1 heterocycles. The first-order chi connectivity index (χ1) is 7.88. The van der Waals surface area contributed by atoms with Crippen molar-refractivity contribution in [3.05, 3.63) is 35.6 Å². The quantitative estimate of drug-likeness (QED) is 0.871. The first kappa shape index (κ1) is 12.5. The summed E-state index contributed by atoms with van der Waals surface area (Å²) in [5.41, 5.74) is 0.656. The highest BCUT2D eigenvalue weighted by atomic mass is 32.2. The molecule has 0 aromatic heterocycles. The molecule has 2 N–H and O–H groups in total. The third-order valence-corrected chi connectivity index (χ3v) is 4.08. The second-order valence-electron chi connectivity index (χ2n) is 4.53. The number of hydrogen-bond donors (Lipinski definition) is 1. The summed E-state index contributed by atoms with van der Waals surface area (Å²) in [5, 5.41) is 5.17. The van der Waals surface area contributed by atoms with Crippen LogP contribution in [0.25, 0.3) is 0 Å². The van der Waals surface area contributed by atoms with Crippen LogP contribution in [0.15, 0.2) is 24.3 Å². The topological polar surface area (TPSA) is 63.4 Å². The third kappa shape index (κ3) is 2.65. The number of nitrogens with two attached hydrogens (primary N) is 1. The van der Waals surface area contributed by atoms with Gasteiger partial charge >= 0.3 is 0 Å². The minimum absolute atomic E-state index is 0.224. The molecule has 0 aliphatic carbocycles. The molecule has 2 atom stereocenters. The zero-order valence-corrected chi connectivity index (χ0v) is 10.3. The molecule has 0 unspecified atom stereocenters. The molecule has 0 spiro atoms. The van der Waals surface area contributed by atoms with Crippen LogP contribution in [0, 0.1) is 11.7 Å². The summed E-state index contributed by atoms with van der Waals surface area (Å²) in [6, 6.07) is 5.65. The Kier molecular flexibility index (Phi) is 3.20. The molecule has 94 valence electrons. The Hall–Kier alpha value is -0.980. The van der Waals surface area contributed by atoms with E-state index in [9.17, 15) is 12.8 Å². The predicted molar refractivity (Wildman–Crippen MR) is 62.7 cm³/mol. The van der Waals surface area contributed by atoms with E-state index in [2.05, 4.69) is 0 Å². The van der Waals surface area contributed by atoms with Crippen molar-refractivity contribution in [2.45, 2.75) is 19.4 Å². The summed E-state index contributed by atoms with van der Waals surface area (Å²) in [6.45, 7) is 2.34. The smallest absolute Gasteiger partial charge is 0.216 e. The number of halogens is 1.